The number of hydrogen-bond acceptors (Lipinski definition) is 4. The number of nitrogens with zero attached hydrogens (tertiary/aromatic N) is 2. The number of para-hydroxylation sites is 1. The first-order chi connectivity index (χ1) is 8.63. The Morgan fingerprint density at radius 3 is 2.72 bits per heavy atom. The summed E-state index contributed by atoms with van der Waals surface area (Å²) in [6.45, 7) is 3.35. The van der Waals surface area contributed by atoms with Gasteiger partial charge in [-0.05, 0) is 13.0 Å². The van der Waals surface area contributed by atoms with Crippen molar-refractivity contribution in [3.8, 4) is 0 Å². The van der Waals surface area contributed by atoms with Gasteiger partial charge in [0.05, 0.1) is 11.4 Å². The molecule has 18 heavy (non-hydrogen) atoms. The third kappa shape index (κ3) is 2.27. The first kappa shape index (κ1) is 12.4. The first-order valence-corrected chi connectivity index (χ1v) is 5.92. The van der Waals surface area contributed by atoms with Crippen molar-refractivity contribution in [2.24, 2.45) is 5.92 Å². The summed E-state index contributed by atoms with van der Waals surface area (Å²) in [5.41, 5.74) is 0.715. The summed E-state index contributed by atoms with van der Waals surface area (Å²) in [5, 5.41) is 0.878. The number of rotatable bonds is 4. The molecular weight excluding hydrogens is 228 g/mol. The Hall–Kier alpha value is -2.10. The molecule has 0 N–H and O–H groups in total. The summed E-state index contributed by atoms with van der Waals surface area (Å²) in [7, 11) is 0. The van der Waals surface area contributed by atoms with Crippen molar-refractivity contribution in [3.63, 3.8) is 0 Å². The summed E-state index contributed by atoms with van der Waals surface area (Å²) in [5.74, 6) is -0.955. The smallest absolute Gasteiger partial charge is 0.210 e. The summed E-state index contributed by atoms with van der Waals surface area (Å²) in [6, 6.07) is 7.44. The number of carbonyl (C=O) groups is 2. The molecule has 0 aliphatic heterocycles. The standard InChI is InChI=1S/C14H14N2O2/c1-3-12(17)9(2)13(18)14-15-8-10-6-4-5-7-11(10)16-14/h4-9H,3H2,1-2H3. The topological polar surface area (TPSA) is 59.9 Å². The largest absolute Gasteiger partial charge is 0.299 e. The number of Topliss-reactive ketones (excluding diaryl/α,β-unsaturated/α-hetero) is 2. The Kier molecular flexibility index (Phi) is 3.46. The fraction of sp³-hybridized carbons (Fsp3) is 0.286. The lowest BCUT2D eigenvalue weighted by Crippen LogP contribution is -2.22. The van der Waals surface area contributed by atoms with E-state index in [1.807, 2.05) is 24.3 Å². The summed E-state index contributed by atoms with van der Waals surface area (Å²) in [6.07, 6.45) is 1.96. The lowest BCUT2D eigenvalue weighted by Gasteiger charge is -2.07. The minimum absolute atomic E-state index is 0.0863. The van der Waals surface area contributed by atoms with E-state index in [0.717, 1.165) is 5.39 Å². The molecule has 0 radical (unpaired) electrons. The molecule has 1 aromatic heterocycles. The predicted molar refractivity (Wildman–Crippen MR) is 68.3 cm³/mol. The molecule has 0 aliphatic rings. The van der Waals surface area contributed by atoms with Crippen LogP contribution in [0, 0.1) is 5.92 Å². The van der Waals surface area contributed by atoms with Crippen LogP contribution < -0.4 is 0 Å². The van der Waals surface area contributed by atoms with E-state index < -0.39 is 5.92 Å². The van der Waals surface area contributed by atoms with Gasteiger partial charge < -0.3 is 0 Å². The number of carbonyl (C=O) groups excluding carboxylic acids is 2. The van der Waals surface area contributed by atoms with Crippen molar-refractivity contribution in [1.29, 1.82) is 0 Å². The van der Waals surface area contributed by atoms with Crippen LogP contribution in [0.15, 0.2) is 30.5 Å². The normalized spacial score (nSPS) is 12.3. The maximum absolute atomic E-state index is 12.0. The maximum Gasteiger partial charge on any atom is 0.210 e. The highest BCUT2D eigenvalue weighted by atomic mass is 16.2. The molecule has 0 saturated heterocycles. The Morgan fingerprint density at radius 1 is 1.28 bits per heavy atom. The maximum atomic E-state index is 12.0. The van der Waals surface area contributed by atoms with Crippen molar-refractivity contribution in [3.05, 3.63) is 36.3 Å². The van der Waals surface area contributed by atoms with Crippen molar-refractivity contribution in [2.75, 3.05) is 0 Å². The molecule has 1 aromatic carbocycles. The van der Waals surface area contributed by atoms with Crippen LogP contribution in [-0.2, 0) is 4.79 Å². The average molecular weight is 242 g/mol. The third-order valence-electron chi connectivity index (χ3n) is 2.93. The summed E-state index contributed by atoms with van der Waals surface area (Å²) >= 11 is 0. The Bertz CT molecular complexity index is 608. The van der Waals surface area contributed by atoms with E-state index in [9.17, 15) is 9.59 Å². The molecule has 92 valence electrons. The molecule has 0 aliphatic carbocycles. The highest BCUT2D eigenvalue weighted by Gasteiger charge is 2.23. The van der Waals surface area contributed by atoms with Gasteiger partial charge in [-0.15, -0.1) is 0 Å². The molecule has 2 aromatic rings. The van der Waals surface area contributed by atoms with Crippen LogP contribution in [0.5, 0.6) is 0 Å². The number of hydrogen-bond donors (Lipinski definition) is 0. The Labute approximate surface area is 105 Å². The molecule has 1 atom stereocenters. The van der Waals surface area contributed by atoms with E-state index in [1.165, 1.54) is 0 Å². The quantitative estimate of drug-likeness (QED) is 0.610. The van der Waals surface area contributed by atoms with Gasteiger partial charge in [0.15, 0.2) is 5.82 Å². The zero-order valence-electron chi connectivity index (χ0n) is 10.4. The minimum atomic E-state index is -0.670. The second-order valence-electron chi connectivity index (χ2n) is 4.16. The number of benzene rings is 1. The second kappa shape index (κ2) is 5.04. The van der Waals surface area contributed by atoms with Gasteiger partial charge in [0.2, 0.25) is 5.78 Å². The van der Waals surface area contributed by atoms with Crippen molar-refractivity contribution >= 4 is 22.5 Å². The molecule has 4 heteroatoms. The van der Waals surface area contributed by atoms with E-state index in [4.69, 9.17) is 0 Å². The average Bonchev–Trinajstić information content (AvgIpc) is 2.44. The van der Waals surface area contributed by atoms with Crippen LogP contribution in [-0.4, -0.2) is 21.5 Å². The van der Waals surface area contributed by atoms with Crippen LogP contribution in [0.25, 0.3) is 10.9 Å². The zero-order chi connectivity index (χ0) is 13.1. The molecule has 0 amide bonds. The Balaban J connectivity index is 2.36. The van der Waals surface area contributed by atoms with Gasteiger partial charge in [-0.25, -0.2) is 9.97 Å². The molecule has 2 rings (SSSR count). The summed E-state index contributed by atoms with van der Waals surface area (Å²) in [4.78, 5) is 31.8. The molecular formula is C14H14N2O2. The van der Waals surface area contributed by atoms with Gasteiger partial charge in [-0.3, -0.25) is 9.59 Å². The van der Waals surface area contributed by atoms with Gasteiger partial charge >= 0.3 is 0 Å². The molecule has 0 bridgehead atoms. The monoisotopic (exact) mass is 242 g/mol. The number of ketones is 2. The Morgan fingerprint density at radius 2 is 2.00 bits per heavy atom. The SMILES string of the molecule is CCC(=O)C(C)C(=O)c1ncc2ccccc2n1. The lowest BCUT2D eigenvalue weighted by molar-refractivity contribution is -0.120. The third-order valence-corrected chi connectivity index (χ3v) is 2.93. The first-order valence-electron chi connectivity index (χ1n) is 5.92. The van der Waals surface area contributed by atoms with Crippen molar-refractivity contribution in [2.45, 2.75) is 20.3 Å². The van der Waals surface area contributed by atoms with Crippen LogP contribution in [0.1, 0.15) is 30.9 Å². The van der Waals surface area contributed by atoms with Crippen molar-refractivity contribution in [1.82, 2.24) is 9.97 Å². The fourth-order valence-electron chi connectivity index (χ4n) is 1.74. The number of aromatic nitrogens is 2. The second-order valence-corrected chi connectivity index (χ2v) is 4.16. The van der Waals surface area contributed by atoms with E-state index in [-0.39, 0.29) is 17.4 Å². The molecule has 0 fully saturated rings. The van der Waals surface area contributed by atoms with Gasteiger partial charge in [-0.2, -0.15) is 0 Å². The highest BCUT2D eigenvalue weighted by molar-refractivity contribution is 6.08. The minimum Gasteiger partial charge on any atom is -0.299 e. The highest BCUT2D eigenvalue weighted by Crippen LogP contribution is 2.13. The molecule has 4 nitrogen and oxygen atoms in total. The van der Waals surface area contributed by atoms with Crippen LogP contribution in [0.4, 0.5) is 0 Å². The van der Waals surface area contributed by atoms with Gasteiger partial charge in [0.25, 0.3) is 0 Å². The zero-order valence-corrected chi connectivity index (χ0v) is 10.4. The van der Waals surface area contributed by atoms with E-state index in [2.05, 4.69) is 9.97 Å². The van der Waals surface area contributed by atoms with Gasteiger partial charge in [0.1, 0.15) is 5.78 Å². The molecule has 0 spiro atoms. The van der Waals surface area contributed by atoms with E-state index in [1.54, 1.807) is 20.0 Å². The van der Waals surface area contributed by atoms with Crippen LogP contribution in [0.3, 0.4) is 0 Å². The van der Waals surface area contributed by atoms with Gasteiger partial charge in [-0.1, -0.05) is 25.1 Å². The van der Waals surface area contributed by atoms with Crippen molar-refractivity contribution < 1.29 is 9.59 Å². The van der Waals surface area contributed by atoms with E-state index >= 15 is 0 Å². The summed E-state index contributed by atoms with van der Waals surface area (Å²) < 4.78 is 0. The van der Waals surface area contributed by atoms with Crippen LogP contribution >= 0.6 is 0 Å². The molecule has 1 heterocycles. The lowest BCUT2D eigenvalue weighted by atomic mass is 9.99. The van der Waals surface area contributed by atoms with E-state index in [0.29, 0.717) is 11.9 Å². The predicted octanol–water partition coefficient (Wildman–Crippen LogP) is 2.43. The number of fused-ring (bicyclic) bond motifs is 1. The fourth-order valence-corrected chi connectivity index (χ4v) is 1.74. The molecule has 1 unspecified atom stereocenters. The van der Waals surface area contributed by atoms with Crippen LogP contribution in [0.2, 0.25) is 0 Å². The van der Waals surface area contributed by atoms with Gasteiger partial charge in [0, 0.05) is 18.0 Å². The molecule has 0 saturated carbocycles.